The van der Waals surface area contributed by atoms with E-state index >= 15 is 0 Å². The number of cyclic esters (lactones) is 1. The highest BCUT2D eigenvalue weighted by atomic mass is 16.6. The van der Waals surface area contributed by atoms with Crippen LogP contribution in [0.25, 0.3) is 0 Å². The Morgan fingerprint density at radius 1 is 1.11 bits per heavy atom. The molecule has 0 amide bonds. The highest BCUT2D eigenvalue weighted by molar-refractivity contribution is 5.90. The van der Waals surface area contributed by atoms with Crippen molar-refractivity contribution in [3.05, 3.63) is 11.1 Å². The summed E-state index contributed by atoms with van der Waals surface area (Å²) in [5.74, 6) is 2.10. The maximum absolute atomic E-state index is 13.8. The molecule has 6 aliphatic rings. The first-order valence-corrected chi connectivity index (χ1v) is 14.4. The van der Waals surface area contributed by atoms with Crippen LogP contribution in [0.15, 0.2) is 11.1 Å². The van der Waals surface area contributed by atoms with Gasteiger partial charge in [-0.3, -0.25) is 4.79 Å². The minimum atomic E-state index is -0.763. The molecule has 12 unspecified atom stereocenters. The van der Waals surface area contributed by atoms with E-state index in [2.05, 4.69) is 27.7 Å². The van der Waals surface area contributed by atoms with Crippen LogP contribution in [-0.4, -0.2) is 53.5 Å². The van der Waals surface area contributed by atoms with Crippen LogP contribution in [0.5, 0.6) is 0 Å². The van der Waals surface area contributed by atoms with Gasteiger partial charge in [0.25, 0.3) is 0 Å². The van der Waals surface area contributed by atoms with Gasteiger partial charge in [-0.25, -0.2) is 4.79 Å². The molecule has 4 aliphatic carbocycles. The van der Waals surface area contributed by atoms with Crippen LogP contribution >= 0.6 is 0 Å². The van der Waals surface area contributed by atoms with Crippen molar-refractivity contribution in [1.29, 1.82) is 0 Å². The summed E-state index contributed by atoms with van der Waals surface area (Å²) in [4.78, 5) is 26.2. The number of aliphatic hydroxyl groups is 1. The average molecular weight is 501 g/mol. The number of hydrogen-bond donors (Lipinski definition) is 1. The van der Waals surface area contributed by atoms with Crippen molar-refractivity contribution in [2.75, 3.05) is 6.61 Å². The third-order valence-corrected chi connectivity index (χ3v) is 12.4. The summed E-state index contributed by atoms with van der Waals surface area (Å²) in [6.45, 7) is 13.2. The van der Waals surface area contributed by atoms with Gasteiger partial charge in [-0.2, -0.15) is 0 Å². The van der Waals surface area contributed by atoms with E-state index in [9.17, 15) is 14.7 Å². The standard InChI is InChI=1S/C30H44O6/c1-7-34-23-14-24(31)29(6)21-10-11-28(5)19(17(4)22-12-15(2)16(3)27(33)35-22)8-9-20(28)18(21)13-25-30(29,36-25)26(23)32/h17-23,25-26,32H,7-14H2,1-6H3. The maximum Gasteiger partial charge on any atom is 0.333 e. The van der Waals surface area contributed by atoms with Crippen LogP contribution in [0.2, 0.25) is 0 Å². The zero-order chi connectivity index (χ0) is 25.8. The maximum atomic E-state index is 13.8. The second-order valence-corrected chi connectivity index (χ2v) is 13.4. The summed E-state index contributed by atoms with van der Waals surface area (Å²) in [6, 6.07) is 0. The van der Waals surface area contributed by atoms with E-state index in [1.807, 2.05) is 13.8 Å². The minimum absolute atomic E-state index is 0.0478. The number of fused-ring (bicyclic) bond motifs is 4. The number of Topliss-reactive ketones (excluding diaryl/α,β-unsaturated/α-hetero) is 1. The Morgan fingerprint density at radius 3 is 2.56 bits per heavy atom. The smallest absolute Gasteiger partial charge is 0.333 e. The lowest BCUT2D eigenvalue weighted by atomic mass is 9.43. The lowest BCUT2D eigenvalue weighted by molar-refractivity contribution is -0.186. The van der Waals surface area contributed by atoms with Gasteiger partial charge in [0.1, 0.15) is 23.6 Å². The van der Waals surface area contributed by atoms with Gasteiger partial charge < -0.3 is 19.3 Å². The zero-order valence-corrected chi connectivity index (χ0v) is 22.8. The molecule has 0 bridgehead atoms. The van der Waals surface area contributed by atoms with Crippen LogP contribution in [0, 0.1) is 40.4 Å². The summed E-state index contributed by atoms with van der Waals surface area (Å²) in [5.41, 5.74) is 0.696. The van der Waals surface area contributed by atoms with Crippen LogP contribution in [0.1, 0.15) is 86.5 Å². The largest absolute Gasteiger partial charge is 0.458 e. The number of aliphatic hydroxyl groups excluding tert-OH is 1. The van der Waals surface area contributed by atoms with Crippen LogP contribution in [0.3, 0.4) is 0 Å². The lowest BCUT2D eigenvalue weighted by Crippen LogP contribution is -2.68. The number of rotatable bonds is 4. The van der Waals surface area contributed by atoms with Gasteiger partial charge in [0.2, 0.25) is 0 Å². The van der Waals surface area contributed by atoms with E-state index < -0.39 is 23.2 Å². The highest BCUT2D eigenvalue weighted by Crippen LogP contribution is 2.73. The van der Waals surface area contributed by atoms with E-state index in [4.69, 9.17) is 14.2 Å². The summed E-state index contributed by atoms with van der Waals surface area (Å²) < 4.78 is 18.1. The van der Waals surface area contributed by atoms with E-state index in [0.29, 0.717) is 30.3 Å². The minimum Gasteiger partial charge on any atom is -0.458 e. The van der Waals surface area contributed by atoms with Crippen molar-refractivity contribution in [1.82, 2.24) is 0 Å². The summed E-state index contributed by atoms with van der Waals surface area (Å²) >= 11 is 0. The molecule has 1 saturated heterocycles. The Hall–Kier alpha value is -1.24. The molecule has 200 valence electrons. The molecule has 2 aliphatic heterocycles. The Balaban J connectivity index is 1.26. The second-order valence-electron chi connectivity index (χ2n) is 13.4. The fourth-order valence-electron chi connectivity index (χ4n) is 10.2. The van der Waals surface area contributed by atoms with E-state index in [1.165, 1.54) is 0 Å². The van der Waals surface area contributed by atoms with Gasteiger partial charge in [-0.15, -0.1) is 0 Å². The van der Waals surface area contributed by atoms with E-state index in [1.54, 1.807) is 0 Å². The number of carbonyl (C=O) groups excluding carboxylic acids is 2. The predicted octanol–water partition coefficient (Wildman–Crippen LogP) is 4.62. The Kier molecular flexibility index (Phi) is 5.66. The van der Waals surface area contributed by atoms with Gasteiger partial charge in [-0.05, 0) is 94.8 Å². The third kappa shape index (κ3) is 3.01. The number of hydrogen-bond acceptors (Lipinski definition) is 6. The van der Waals surface area contributed by atoms with Crippen molar-refractivity contribution < 1.29 is 28.9 Å². The number of ketones is 1. The first-order chi connectivity index (χ1) is 17.0. The molecule has 4 saturated carbocycles. The van der Waals surface area contributed by atoms with Crippen molar-refractivity contribution in [3.8, 4) is 0 Å². The van der Waals surface area contributed by atoms with Gasteiger partial charge >= 0.3 is 5.97 Å². The molecule has 0 radical (unpaired) electrons. The highest BCUT2D eigenvalue weighted by Gasteiger charge is 2.82. The molecule has 1 spiro atoms. The van der Waals surface area contributed by atoms with Gasteiger partial charge in [-0.1, -0.05) is 19.4 Å². The quantitative estimate of drug-likeness (QED) is 0.448. The molecule has 36 heavy (non-hydrogen) atoms. The molecule has 5 fully saturated rings. The lowest BCUT2D eigenvalue weighted by Gasteiger charge is -2.59. The van der Waals surface area contributed by atoms with Crippen LogP contribution < -0.4 is 0 Å². The van der Waals surface area contributed by atoms with Crippen molar-refractivity contribution in [3.63, 3.8) is 0 Å². The Bertz CT molecular complexity index is 1000. The summed E-state index contributed by atoms with van der Waals surface area (Å²) in [7, 11) is 0. The van der Waals surface area contributed by atoms with Gasteiger partial charge in [0.15, 0.2) is 0 Å². The normalized spacial score (nSPS) is 52.6. The fraction of sp³-hybridized carbons (Fsp3) is 0.867. The number of esters is 1. The molecule has 0 aromatic rings. The Labute approximate surface area is 215 Å². The average Bonchev–Trinajstić information content (AvgIpc) is 3.47. The van der Waals surface area contributed by atoms with Crippen molar-refractivity contribution in [2.24, 2.45) is 40.4 Å². The molecule has 6 heteroatoms. The predicted molar refractivity (Wildman–Crippen MR) is 134 cm³/mol. The molecule has 1 N–H and O–H groups in total. The first kappa shape index (κ1) is 25.1. The van der Waals surface area contributed by atoms with Crippen molar-refractivity contribution in [2.45, 2.75) is 117 Å². The summed E-state index contributed by atoms with van der Waals surface area (Å²) in [5, 5.41) is 11.4. The molecule has 6 nitrogen and oxygen atoms in total. The molecule has 0 aromatic carbocycles. The molecule has 0 aromatic heterocycles. The Morgan fingerprint density at radius 2 is 1.86 bits per heavy atom. The summed E-state index contributed by atoms with van der Waals surface area (Å²) in [6.07, 6.45) is 5.15. The molecular formula is C30H44O6. The van der Waals surface area contributed by atoms with Gasteiger partial charge in [0, 0.05) is 25.0 Å². The third-order valence-electron chi connectivity index (χ3n) is 12.4. The van der Waals surface area contributed by atoms with Crippen molar-refractivity contribution >= 4 is 11.8 Å². The second kappa shape index (κ2) is 8.13. The number of epoxide rings is 1. The number of carbonyl (C=O) groups is 2. The zero-order valence-electron chi connectivity index (χ0n) is 22.8. The fourth-order valence-corrected chi connectivity index (χ4v) is 10.2. The molecular weight excluding hydrogens is 456 g/mol. The van der Waals surface area contributed by atoms with Crippen LogP contribution in [-0.2, 0) is 23.8 Å². The van der Waals surface area contributed by atoms with Crippen LogP contribution in [0.4, 0.5) is 0 Å². The molecule has 2 heterocycles. The topological polar surface area (TPSA) is 85.4 Å². The van der Waals surface area contributed by atoms with E-state index in [-0.39, 0.29) is 41.7 Å². The monoisotopic (exact) mass is 500 g/mol. The van der Waals surface area contributed by atoms with Gasteiger partial charge in [0.05, 0.1) is 17.6 Å². The first-order valence-electron chi connectivity index (χ1n) is 14.4. The van der Waals surface area contributed by atoms with E-state index in [0.717, 1.165) is 49.7 Å². The molecule has 6 rings (SSSR count). The molecule has 12 atom stereocenters. The number of ether oxygens (including phenoxy) is 3. The SMILES string of the molecule is CCOC1CC(=O)C2(C)C3CCC4(C)C(C(C)C5CC(C)=C(C)C(=O)O5)CCC4C3CC3OC32C1O.